The molecule has 3 rings (SSSR count). The molecule has 0 saturated heterocycles. The molecule has 0 amide bonds. The Kier molecular flexibility index (Phi) is 4.66. The van der Waals surface area contributed by atoms with Gasteiger partial charge in [-0.2, -0.15) is 4.37 Å². The molecular formula is C18H16FNO3S. The minimum Gasteiger partial charge on any atom is -0.497 e. The number of rotatable bonds is 5. The van der Waals surface area contributed by atoms with E-state index in [0.29, 0.717) is 17.2 Å². The van der Waals surface area contributed by atoms with Crippen LogP contribution in [0.4, 0.5) is 4.39 Å². The Balaban J connectivity index is 2.20. The normalized spacial score (nSPS) is 10.5. The third kappa shape index (κ3) is 2.92. The van der Waals surface area contributed by atoms with Crippen LogP contribution in [0.1, 0.15) is 0 Å². The zero-order chi connectivity index (χ0) is 17.1. The second kappa shape index (κ2) is 6.88. The molecule has 0 saturated carbocycles. The van der Waals surface area contributed by atoms with Gasteiger partial charge >= 0.3 is 0 Å². The monoisotopic (exact) mass is 345 g/mol. The van der Waals surface area contributed by atoms with E-state index in [9.17, 15) is 4.39 Å². The van der Waals surface area contributed by atoms with Gasteiger partial charge in [0, 0.05) is 17.0 Å². The molecule has 0 aliphatic carbocycles. The molecule has 1 heterocycles. The Labute approximate surface area is 143 Å². The molecule has 0 N–H and O–H groups in total. The van der Waals surface area contributed by atoms with Gasteiger partial charge < -0.3 is 14.2 Å². The smallest absolute Gasteiger partial charge is 0.170 e. The molecule has 2 aromatic carbocycles. The Bertz CT molecular complexity index is 846. The van der Waals surface area contributed by atoms with E-state index >= 15 is 0 Å². The van der Waals surface area contributed by atoms with Crippen LogP contribution in [0.2, 0.25) is 0 Å². The van der Waals surface area contributed by atoms with E-state index in [1.54, 1.807) is 39.5 Å². The lowest BCUT2D eigenvalue weighted by Crippen LogP contribution is -1.96. The van der Waals surface area contributed by atoms with E-state index in [2.05, 4.69) is 4.37 Å². The molecule has 1 aromatic heterocycles. The Morgan fingerprint density at radius 3 is 2.29 bits per heavy atom. The first-order valence-electron chi connectivity index (χ1n) is 7.18. The molecular weight excluding hydrogens is 329 g/mol. The first-order chi connectivity index (χ1) is 11.7. The maximum atomic E-state index is 13.2. The second-order valence-electron chi connectivity index (χ2n) is 4.99. The number of hydrogen-bond donors (Lipinski definition) is 0. The summed E-state index contributed by atoms with van der Waals surface area (Å²) in [5.41, 5.74) is 3.27. The van der Waals surface area contributed by atoms with Crippen molar-refractivity contribution >= 4 is 11.5 Å². The van der Waals surface area contributed by atoms with Crippen LogP contribution in [0.3, 0.4) is 0 Å². The Morgan fingerprint density at radius 1 is 0.917 bits per heavy atom. The summed E-state index contributed by atoms with van der Waals surface area (Å²) >= 11 is 1.33. The molecule has 0 aliphatic rings. The van der Waals surface area contributed by atoms with Crippen LogP contribution in [0.15, 0.2) is 41.8 Å². The van der Waals surface area contributed by atoms with Gasteiger partial charge in [-0.05, 0) is 35.3 Å². The summed E-state index contributed by atoms with van der Waals surface area (Å²) in [5, 5.41) is 1.92. The summed E-state index contributed by atoms with van der Waals surface area (Å²) in [6.45, 7) is 0. The average molecular weight is 345 g/mol. The number of hydrogen-bond acceptors (Lipinski definition) is 5. The van der Waals surface area contributed by atoms with Gasteiger partial charge in [-0.1, -0.05) is 12.1 Å². The number of methoxy groups -OCH3 is 3. The molecule has 0 aliphatic heterocycles. The summed E-state index contributed by atoms with van der Waals surface area (Å²) < 4.78 is 34.0. The van der Waals surface area contributed by atoms with Gasteiger partial charge in [0.25, 0.3) is 0 Å². The lowest BCUT2D eigenvalue weighted by Gasteiger charge is -2.14. The Hall–Kier alpha value is -2.60. The van der Waals surface area contributed by atoms with Crippen molar-refractivity contribution in [1.82, 2.24) is 4.37 Å². The zero-order valence-corrected chi connectivity index (χ0v) is 14.3. The number of ether oxygens (including phenoxy) is 3. The average Bonchev–Trinajstić information content (AvgIpc) is 3.10. The standard InChI is InChI=1S/C18H16FNO3S/c1-21-13-8-14(18(23-3)16(9-13)22-2)17-15(10-24-20-17)11-4-6-12(19)7-5-11/h4-10H,1-3H3. The van der Waals surface area contributed by atoms with Crippen LogP contribution in [0.25, 0.3) is 22.4 Å². The number of benzene rings is 2. The minimum atomic E-state index is -0.274. The fraction of sp³-hybridized carbons (Fsp3) is 0.167. The van der Waals surface area contributed by atoms with Crippen molar-refractivity contribution in [1.29, 1.82) is 0 Å². The lowest BCUT2D eigenvalue weighted by atomic mass is 10.0. The van der Waals surface area contributed by atoms with Crippen LogP contribution in [-0.4, -0.2) is 25.7 Å². The van der Waals surface area contributed by atoms with Crippen molar-refractivity contribution < 1.29 is 18.6 Å². The van der Waals surface area contributed by atoms with E-state index in [1.807, 2.05) is 11.4 Å². The highest BCUT2D eigenvalue weighted by Crippen LogP contribution is 2.44. The van der Waals surface area contributed by atoms with Crippen molar-refractivity contribution in [3.63, 3.8) is 0 Å². The maximum Gasteiger partial charge on any atom is 0.170 e. The zero-order valence-electron chi connectivity index (χ0n) is 13.5. The highest BCUT2D eigenvalue weighted by Gasteiger charge is 2.20. The first kappa shape index (κ1) is 16.3. The van der Waals surface area contributed by atoms with Gasteiger partial charge in [0.05, 0.1) is 32.6 Å². The van der Waals surface area contributed by atoms with Crippen molar-refractivity contribution in [2.75, 3.05) is 21.3 Å². The molecule has 0 radical (unpaired) electrons. The largest absolute Gasteiger partial charge is 0.497 e. The van der Waals surface area contributed by atoms with Gasteiger partial charge in [-0.25, -0.2) is 4.39 Å². The Morgan fingerprint density at radius 2 is 1.67 bits per heavy atom. The third-order valence-corrected chi connectivity index (χ3v) is 4.30. The first-order valence-corrected chi connectivity index (χ1v) is 8.02. The van der Waals surface area contributed by atoms with Crippen molar-refractivity contribution in [3.8, 4) is 39.6 Å². The highest BCUT2D eigenvalue weighted by atomic mass is 32.1. The SMILES string of the molecule is COc1cc(OC)c(OC)c(-c2nscc2-c2ccc(F)cc2)c1. The molecule has 0 spiro atoms. The van der Waals surface area contributed by atoms with Gasteiger partial charge in [0.2, 0.25) is 0 Å². The second-order valence-corrected chi connectivity index (χ2v) is 5.62. The summed E-state index contributed by atoms with van der Waals surface area (Å²) in [4.78, 5) is 0. The van der Waals surface area contributed by atoms with Crippen LogP contribution in [-0.2, 0) is 0 Å². The predicted molar refractivity (Wildman–Crippen MR) is 92.6 cm³/mol. The minimum absolute atomic E-state index is 0.274. The quantitative estimate of drug-likeness (QED) is 0.675. The van der Waals surface area contributed by atoms with Gasteiger partial charge in [-0.15, -0.1) is 0 Å². The number of halogens is 1. The van der Waals surface area contributed by atoms with Gasteiger partial charge in [0.15, 0.2) is 11.5 Å². The molecule has 6 heteroatoms. The molecule has 0 fully saturated rings. The summed E-state index contributed by atoms with van der Waals surface area (Å²) in [6.07, 6.45) is 0. The highest BCUT2D eigenvalue weighted by molar-refractivity contribution is 7.04. The topological polar surface area (TPSA) is 40.6 Å². The van der Waals surface area contributed by atoms with Crippen LogP contribution < -0.4 is 14.2 Å². The van der Waals surface area contributed by atoms with Crippen LogP contribution >= 0.6 is 11.5 Å². The molecule has 24 heavy (non-hydrogen) atoms. The summed E-state index contributed by atoms with van der Waals surface area (Å²) in [5.74, 6) is 1.50. The van der Waals surface area contributed by atoms with Gasteiger partial charge in [0.1, 0.15) is 11.6 Å². The summed E-state index contributed by atoms with van der Waals surface area (Å²) in [7, 11) is 4.74. The van der Waals surface area contributed by atoms with E-state index in [4.69, 9.17) is 14.2 Å². The predicted octanol–water partition coefficient (Wildman–Crippen LogP) is 4.64. The van der Waals surface area contributed by atoms with Crippen molar-refractivity contribution in [3.05, 3.63) is 47.6 Å². The number of aromatic nitrogens is 1. The fourth-order valence-electron chi connectivity index (χ4n) is 2.50. The molecule has 0 atom stereocenters. The van der Waals surface area contributed by atoms with Crippen molar-refractivity contribution in [2.45, 2.75) is 0 Å². The molecule has 124 valence electrons. The van der Waals surface area contributed by atoms with Crippen LogP contribution in [0, 0.1) is 5.82 Å². The third-order valence-electron chi connectivity index (χ3n) is 3.67. The molecule has 0 unspecified atom stereocenters. The summed E-state index contributed by atoms with van der Waals surface area (Å²) in [6, 6.07) is 9.93. The molecule has 4 nitrogen and oxygen atoms in total. The fourth-order valence-corrected chi connectivity index (χ4v) is 3.21. The maximum absolute atomic E-state index is 13.2. The van der Waals surface area contributed by atoms with Gasteiger partial charge in [-0.3, -0.25) is 0 Å². The molecule has 0 bridgehead atoms. The van der Waals surface area contributed by atoms with E-state index in [-0.39, 0.29) is 5.82 Å². The number of nitrogens with zero attached hydrogens (tertiary/aromatic N) is 1. The van der Waals surface area contributed by atoms with E-state index in [1.165, 1.54) is 23.7 Å². The van der Waals surface area contributed by atoms with E-state index < -0.39 is 0 Å². The molecule has 3 aromatic rings. The lowest BCUT2D eigenvalue weighted by molar-refractivity contribution is 0.350. The van der Waals surface area contributed by atoms with Crippen molar-refractivity contribution in [2.24, 2.45) is 0 Å². The van der Waals surface area contributed by atoms with E-state index in [0.717, 1.165) is 22.4 Å². The van der Waals surface area contributed by atoms with Crippen LogP contribution in [0.5, 0.6) is 17.2 Å².